The highest BCUT2D eigenvalue weighted by Gasteiger charge is 2.13. The van der Waals surface area contributed by atoms with Crippen LogP contribution in [0.1, 0.15) is 21.7 Å². The highest BCUT2D eigenvalue weighted by atomic mass is 32.2. The number of aromatic nitrogens is 3. The maximum absolute atomic E-state index is 13.1. The van der Waals surface area contributed by atoms with E-state index in [4.69, 9.17) is 4.74 Å². The summed E-state index contributed by atoms with van der Waals surface area (Å²) in [5, 5.41) is 3.51. The van der Waals surface area contributed by atoms with Gasteiger partial charge in [-0.05, 0) is 54.1 Å². The van der Waals surface area contributed by atoms with Gasteiger partial charge in [0.15, 0.2) is 0 Å². The summed E-state index contributed by atoms with van der Waals surface area (Å²) in [5.41, 5.74) is 2.09. The SMILES string of the molecule is Cn1ccnc1COc1ccc(NC(=O)c2cccnc2SCc2ccc(F)cc2)cc1. The largest absolute Gasteiger partial charge is 0.486 e. The predicted octanol–water partition coefficient (Wildman–Crippen LogP) is 5.08. The van der Waals surface area contributed by atoms with Gasteiger partial charge in [0.2, 0.25) is 0 Å². The minimum Gasteiger partial charge on any atom is -0.486 e. The zero-order chi connectivity index (χ0) is 22.3. The Hall–Kier alpha value is -3.65. The minimum absolute atomic E-state index is 0.249. The van der Waals surface area contributed by atoms with Crippen LogP contribution >= 0.6 is 11.8 Å². The van der Waals surface area contributed by atoms with Gasteiger partial charge in [-0.1, -0.05) is 12.1 Å². The molecule has 4 rings (SSSR count). The quantitative estimate of drug-likeness (QED) is 0.381. The Balaban J connectivity index is 1.37. The first-order valence-corrected chi connectivity index (χ1v) is 10.9. The first-order chi connectivity index (χ1) is 15.6. The molecule has 0 saturated heterocycles. The Kier molecular flexibility index (Phi) is 6.81. The Bertz CT molecular complexity index is 1190. The van der Waals surface area contributed by atoms with Crippen molar-refractivity contribution in [3.8, 4) is 5.75 Å². The Morgan fingerprint density at radius 2 is 1.84 bits per heavy atom. The third-order valence-electron chi connectivity index (χ3n) is 4.71. The number of halogens is 1. The number of hydrogen-bond donors (Lipinski definition) is 1. The van der Waals surface area contributed by atoms with E-state index in [-0.39, 0.29) is 11.7 Å². The van der Waals surface area contributed by atoms with Gasteiger partial charge in [0.1, 0.15) is 29.0 Å². The zero-order valence-electron chi connectivity index (χ0n) is 17.4. The van der Waals surface area contributed by atoms with E-state index in [0.29, 0.717) is 34.4 Å². The normalized spacial score (nSPS) is 10.7. The molecule has 0 aliphatic heterocycles. The number of carbonyl (C=O) groups excluding carboxylic acids is 1. The number of ether oxygens (including phenoxy) is 1. The number of benzene rings is 2. The third-order valence-corrected chi connectivity index (χ3v) is 5.78. The van der Waals surface area contributed by atoms with Crippen LogP contribution in [0.5, 0.6) is 5.75 Å². The number of hydrogen-bond acceptors (Lipinski definition) is 5. The molecule has 1 amide bonds. The molecule has 162 valence electrons. The molecule has 8 heteroatoms. The van der Waals surface area contributed by atoms with E-state index in [1.165, 1.54) is 23.9 Å². The molecule has 0 radical (unpaired) electrons. The molecule has 32 heavy (non-hydrogen) atoms. The summed E-state index contributed by atoms with van der Waals surface area (Å²) in [7, 11) is 1.91. The van der Waals surface area contributed by atoms with E-state index in [9.17, 15) is 9.18 Å². The van der Waals surface area contributed by atoms with Crippen LogP contribution in [0.15, 0.2) is 84.3 Å². The standard InChI is InChI=1S/C24H21FN4O2S/c1-29-14-13-26-22(29)15-31-20-10-8-19(9-11-20)28-23(30)21-3-2-12-27-24(21)32-16-17-4-6-18(25)7-5-17/h2-14H,15-16H2,1H3,(H,28,30). The predicted molar refractivity (Wildman–Crippen MR) is 122 cm³/mol. The van der Waals surface area contributed by atoms with Crippen LogP contribution < -0.4 is 10.1 Å². The van der Waals surface area contributed by atoms with Crippen LogP contribution in [-0.4, -0.2) is 20.4 Å². The fourth-order valence-corrected chi connectivity index (χ4v) is 3.87. The molecule has 0 aliphatic rings. The number of nitrogens with zero attached hydrogens (tertiary/aromatic N) is 3. The van der Waals surface area contributed by atoms with Gasteiger partial charge in [0.05, 0.1) is 5.56 Å². The van der Waals surface area contributed by atoms with Gasteiger partial charge in [0.25, 0.3) is 5.91 Å². The summed E-state index contributed by atoms with van der Waals surface area (Å²) in [6.07, 6.45) is 5.24. The van der Waals surface area contributed by atoms with Crippen LogP contribution in [0.25, 0.3) is 0 Å². The first-order valence-electron chi connectivity index (χ1n) is 9.91. The van der Waals surface area contributed by atoms with Gasteiger partial charge in [-0.2, -0.15) is 0 Å². The number of pyridine rings is 1. The van der Waals surface area contributed by atoms with Crippen molar-refractivity contribution >= 4 is 23.4 Å². The maximum Gasteiger partial charge on any atom is 0.258 e. The summed E-state index contributed by atoms with van der Waals surface area (Å²) < 4.78 is 20.7. The molecule has 1 N–H and O–H groups in total. The van der Waals surface area contributed by atoms with E-state index in [1.807, 2.05) is 17.8 Å². The van der Waals surface area contributed by atoms with Crippen molar-refractivity contribution in [2.45, 2.75) is 17.4 Å². The average molecular weight is 449 g/mol. The Labute approximate surface area is 189 Å². The molecule has 0 unspecified atom stereocenters. The maximum atomic E-state index is 13.1. The van der Waals surface area contributed by atoms with Gasteiger partial charge in [-0.15, -0.1) is 11.8 Å². The monoisotopic (exact) mass is 448 g/mol. The molecular formula is C24H21FN4O2S. The second kappa shape index (κ2) is 10.1. The lowest BCUT2D eigenvalue weighted by atomic mass is 10.2. The summed E-state index contributed by atoms with van der Waals surface area (Å²) in [5.74, 6) is 1.57. The number of anilines is 1. The van der Waals surface area contributed by atoms with Crippen LogP contribution in [-0.2, 0) is 19.4 Å². The lowest BCUT2D eigenvalue weighted by Crippen LogP contribution is -2.13. The molecule has 0 aliphatic carbocycles. The zero-order valence-corrected chi connectivity index (χ0v) is 18.2. The summed E-state index contributed by atoms with van der Waals surface area (Å²) in [6.45, 7) is 0.361. The highest BCUT2D eigenvalue weighted by molar-refractivity contribution is 7.98. The van der Waals surface area contributed by atoms with Crippen molar-refractivity contribution in [3.63, 3.8) is 0 Å². The minimum atomic E-state index is -0.273. The molecule has 4 aromatic rings. The van der Waals surface area contributed by atoms with Gasteiger partial charge >= 0.3 is 0 Å². The second-order valence-electron chi connectivity index (χ2n) is 6.99. The highest BCUT2D eigenvalue weighted by Crippen LogP contribution is 2.25. The first kappa shape index (κ1) is 21.6. The number of rotatable bonds is 8. The van der Waals surface area contributed by atoms with Gasteiger partial charge < -0.3 is 14.6 Å². The fourth-order valence-electron chi connectivity index (χ4n) is 2.93. The topological polar surface area (TPSA) is 69.0 Å². The van der Waals surface area contributed by atoms with Crippen LogP contribution in [0.4, 0.5) is 10.1 Å². The summed E-state index contributed by atoms with van der Waals surface area (Å²) >= 11 is 1.43. The molecule has 6 nitrogen and oxygen atoms in total. The molecule has 2 heterocycles. The molecule has 0 saturated carbocycles. The van der Waals surface area contributed by atoms with Crippen LogP contribution in [0.3, 0.4) is 0 Å². The van der Waals surface area contributed by atoms with Crippen molar-refractivity contribution in [2.75, 3.05) is 5.32 Å². The Morgan fingerprint density at radius 3 is 2.56 bits per heavy atom. The van der Waals surface area contributed by atoms with Crippen LogP contribution in [0.2, 0.25) is 0 Å². The van der Waals surface area contributed by atoms with Crippen molar-refractivity contribution in [2.24, 2.45) is 7.05 Å². The average Bonchev–Trinajstić information content (AvgIpc) is 3.23. The third kappa shape index (κ3) is 5.53. The number of amides is 1. The van der Waals surface area contributed by atoms with E-state index in [0.717, 1.165) is 11.4 Å². The van der Waals surface area contributed by atoms with E-state index >= 15 is 0 Å². The van der Waals surface area contributed by atoms with Crippen molar-refractivity contribution in [3.05, 3.63) is 102 Å². The van der Waals surface area contributed by atoms with Crippen molar-refractivity contribution < 1.29 is 13.9 Å². The lowest BCUT2D eigenvalue weighted by molar-refractivity contribution is 0.102. The molecule has 0 atom stereocenters. The molecule has 0 fully saturated rings. The number of imidazole rings is 1. The summed E-state index contributed by atoms with van der Waals surface area (Å²) in [6, 6.07) is 16.9. The van der Waals surface area contributed by atoms with Crippen LogP contribution in [0, 0.1) is 5.82 Å². The lowest BCUT2D eigenvalue weighted by Gasteiger charge is -2.10. The fraction of sp³-hybridized carbons (Fsp3) is 0.125. The van der Waals surface area contributed by atoms with Gasteiger partial charge in [0, 0.05) is 37.1 Å². The molecule has 2 aromatic carbocycles. The van der Waals surface area contributed by atoms with E-state index in [2.05, 4.69) is 15.3 Å². The number of nitrogens with one attached hydrogen (secondary N) is 1. The molecule has 0 bridgehead atoms. The molecule has 0 spiro atoms. The smallest absolute Gasteiger partial charge is 0.258 e. The number of carbonyl (C=O) groups is 1. The summed E-state index contributed by atoms with van der Waals surface area (Å²) in [4.78, 5) is 21.4. The Morgan fingerprint density at radius 1 is 1.06 bits per heavy atom. The van der Waals surface area contributed by atoms with E-state index in [1.54, 1.807) is 60.9 Å². The number of thioether (sulfide) groups is 1. The van der Waals surface area contributed by atoms with Gasteiger partial charge in [-0.25, -0.2) is 14.4 Å². The van der Waals surface area contributed by atoms with Gasteiger partial charge in [-0.3, -0.25) is 4.79 Å². The molecule has 2 aromatic heterocycles. The molecular weight excluding hydrogens is 427 g/mol. The number of aryl methyl sites for hydroxylation is 1. The van der Waals surface area contributed by atoms with Crippen molar-refractivity contribution in [1.82, 2.24) is 14.5 Å². The van der Waals surface area contributed by atoms with E-state index < -0.39 is 0 Å². The van der Waals surface area contributed by atoms with Crippen molar-refractivity contribution in [1.29, 1.82) is 0 Å². The second-order valence-corrected chi connectivity index (χ2v) is 7.96.